The number of aliphatic hydroxyl groups excluding tert-OH is 1. The van der Waals surface area contributed by atoms with Gasteiger partial charge in [0.15, 0.2) is 17.3 Å². The highest BCUT2D eigenvalue weighted by Gasteiger charge is 2.23. The van der Waals surface area contributed by atoms with Gasteiger partial charge in [-0.3, -0.25) is 4.79 Å². The maximum Gasteiger partial charge on any atom is 0.191 e. The third kappa shape index (κ3) is 8.95. The van der Waals surface area contributed by atoms with E-state index >= 15 is 0 Å². The van der Waals surface area contributed by atoms with Crippen molar-refractivity contribution in [3.8, 4) is 11.5 Å². The zero-order valence-corrected chi connectivity index (χ0v) is 21.9. The quantitative estimate of drug-likeness (QED) is 0.321. The normalized spacial score (nSPS) is 12.5. The second-order valence-electron chi connectivity index (χ2n) is 8.60. The van der Waals surface area contributed by atoms with Crippen molar-refractivity contribution < 1.29 is 24.1 Å². The molecule has 0 amide bonds. The Labute approximate surface area is 220 Å². The Bertz CT molecular complexity index is 1050. The summed E-state index contributed by atoms with van der Waals surface area (Å²) in [7, 11) is 5.20. The van der Waals surface area contributed by atoms with Crippen LogP contribution < -0.4 is 9.47 Å². The van der Waals surface area contributed by atoms with Crippen molar-refractivity contribution in [2.24, 2.45) is 0 Å². The van der Waals surface area contributed by atoms with Crippen molar-refractivity contribution in [2.75, 3.05) is 41.0 Å². The van der Waals surface area contributed by atoms with Crippen LogP contribution in [-0.4, -0.2) is 69.0 Å². The summed E-state index contributed by atoms with van der Waals surface area (Å²) in [5, 5.41) is 10.6. The van der Waals surface area contributed by atoms with E-state index in [1.807, 2.05) is 73.8 Å². The Kier molecular flexibility index (Phi) is 12.4. The molecular weight excluding hydrogens is 478 g/mol. The van der Waals surface area contributed by atoms with Crippen molar-refractivity contribution in [1.29, 1.82) is 0 Å². The largest absolute Gasteiger partial charge is 0.493 e. The van der Waals surface area contributed by atoms with E-state index < -0.39 is 12.2 Å². The molecule has 0 aromatic heterocycles. The number of nitrogens with zero attached hydrogens (tertiary/aromatic N) is 1. The van der Waals surface area contributed by atoms with Crippen LogP contribution in [0.25, 0.3) is 0 Å². The Balaban J connectivity index is 0.00000456. The maximum atomic E-state index is 13.1. The molecule has 2 unspecified atom stereocenters. The molecule has 2 atom stereocenters. The van der Waals surface area contributed by atoms with Gasteiger partial charge >= 0.3 is 0 Å². The van der Waals surface area contributed by atoms with Crippen molar-refractivity contribution in [1.82, 2.24) is 4.90 Å². The molecule has 0 radical (unpaired) electrons. The fraction of sp³-hybridized carbons (Fsp3) is 0.345. The third-order valence-electron chi connectivity index (χ3n) is 5.86. The summed E-state index contributed by atoms with van der Waals surface area (Å²) in [6.45, 7) is 1.27. The van der Waals surface area contributed by atoms with Gasteiger partial charge in [-0.1, -0.05) is 66.7 Å². The highest BCUT2D eigenvalue weighted by Crippen LogP contribution is 2.27. The van der Waals surface area contributed by atoms with E-state index in [0.717, 1.165) is 24.1 Å². The number of ketones is 1. The molecule has 3 aromatic rings. The first-order valence-corrected chi connectivity index (χ1v) is 11.8. The molecule has 0 bridgehead atoms. The summed E-state index contributed by atoms with van der Waals surface area (Å²) in [6.07, 6.45) is -0.122. The van der Waals surface area contributed by atoms with Gasteiger partial charge < -0.3 is 24.2 Å². The van der Waals surface area contributed by atoms with Gasteiger partial charge in [0.25, 0.3) is 0 Å². The van der Waals surface area contributed by atoms with Crippen LogP contribution in [0, 0.1) is 0 Å². The molecule has 0 spiro atoms. The van der Waals surface area contributed by atoms with Crippen molar-refractivity contribution in [2.45, 2.75) is 25.0 Å². The van der Waals surface area contributed by atoms with Gasteiger partial charge in [-0.15, -0.1) is 12.4 Å². The molecule has 36 heavy (non-hydrogen) atoms. The lowest BCUT2D eigenvalue weighted by molar-refractivity contribution is -0.0110. The van der Waals surface area contributed by atoms with E-state index in [9.17, 15) is 9.90 Å². The Morgan fingerprint density at radius 2 is 1.53 bits per heavy atom. The number of ether oxygens (including phenoxy) is 3. The van der Waals surface area contributed by atoms with Crippen LogP contribution in [0.3, 0.4) is 0 Å². The first-order chi connectivity index (χ1) is 17.0. The molecule has 0 saturated heterocycles. The van der Waals surface area contributed by atoms with Gasteiger partial charge in [0.05, 0.1) is 26.9 Å². The zero-order valence-electron chi connectivity index (χ0n) is 21.1. The minimum Gasteiger partial charge on any atom is -0.493 e. The first kappa shape index (κ1) is 29.3. The average molecular weight is 514 g/mol. The highest BCUT2D eigenvalue weighted by molar-refractivity contribution is 5.99. The van der Waals surface area contributed by atoms with E-state index in [1.165, 1.54) is 0 Å². The van der Waals surface area contributed by atoms with E-state index in [2.05, 4.69) is 4.90 Å². The molecule has 1 N–H and O–H groups in total. The van der Waals surface area contributed by atoms with Gasteiger partial charge in [-0.05, 0) is 36.7 Å². The van der Waals surface area contributed by atoms with Gasteiger partial charge in [-0.2, -0.15) is 0 Å². The number of hydrogen-bond donors (Lipinski definition) is 1. The molecule has 0 saturated carbocycles. The summed E-state index contributed by atoms with van der Waals surface area (Å²) in [5.41, 5.74) is 2.75. The fourth-order valence-electron chi connectivity index (χ4n) is 3.93. The SMILES string of the molecule is COc1ccc(CCN(C)CC(O)COC(Cc2ccccc2)C(=O)c2ccccc2)cc1OC.Cl. The van der Waals surface area contributed by atoms with Gasteiger partial charge in [0, 0.05) is 25.1 Å². The number of Topliss-reactive ketones (excluding diaryl/α,β-unsaturated/α-hetero) is 1. The number of halogens is 1. The number of carbonyl (C=O) groups is 1. The fourth-order valence-corrected chi connectivity index (χ4v) is 3.93. The summed E-state index contributed by atoms with van der Waals surface area (Å²) >= 11 is 0. The predicted molar refractivity (Wildman–Crippen MR) is 145 cm³/mol. The van der Waals surface area contributed by atoms with Crippen molar-refractivity contribution >= 4 is 18.2 Å². The highest BCUT2D eigenvalue weighted by atomic mass is 35.5. The number of methoxy groups -OCH3 is 2. The summed E-state index contributed by atoms with van der Waals surface area (Å²) in [6, 6.07) is 24.8. The molecule has 194 valence electrons. The van der Waals surface area contributed by atoms with Crippen LogP contribution in [0.2, 0.25) is 0 Å². The van der Waals surface area contributed by atoms with Crippen LogP contribution in [0.15, 0.2) is 78.9 Å². The lowest BCUT2D eigenvalue weighted by Gasteiger charge is -2.23. The monoisotopic (exact) mass is 513 g/mol. The lowest BCUT2D eigenvalue weighted by Crippen LogP contribution is -2.36. The standard InChI is InChI=1S/C29H35NO5.ClH/c1-30(17-16-23-14-15-26(33-2)27(18-23)34-3)20-25(31)21-35-28(19-22-10-6-4-7-11-22)29(32)24-12-8-5-9-13-24;/h4-15,18,25,28,31H,16-17,19-21H2,1-3H3;1H. The summed E-state index contributed by atoms with van der Waals surface area (Å²) < 4.78 is 16.7. The molecule has 0 aliphatic carbocycles. The predicted octanol–water partition coefficient (Wildman–Crippen LogP) is 4.47. The van der Waals surface area contributed by atoms with Crippen LogP contribution in [0.4, 0.5) is 0 Å². The van der Waals surface area contributed by atoms with Gasteiger partial charge in [0.2, 0.25) is 0 Å². The van der Waals surface area contributed by atoms with Crippen molar-refractivity contribution in [3.63, 3.8) is 0 Å². The number of benzene rings is 3. The number of hydrogen-bond acceptors (Lipinski definition) is 6. The number of carbonyl (C=O) groups excluding carboxylic acids is 1. The molecule has 6 nitrogen and oxygen atoms in total. The minimum atomic E-state index is -0.716. The number of likely N-dealkylation sites (N-methyl/N-ethyl adjacent to an activating group) is 1. The number of aliphatic hydroxyl groups is 1. The molecular formula is C29H36ClNO5. The van der Waals surface area contributed by atoms with E-state index in [1.54, 1.807) is 26.4 Å². The smallest absolute Gasteiger partial charge is 0.191 e. The second-order valence-corrected chi connectivity index (χ2v) is 8.60. The van der Waals surface area contributed by atoms with Gasteiger partial charge in [0.1, 0.15) is 6.10 Å². The van der Waals surface area contributed by atoms with Gasteiger partial charge in [-0.25, -0.2) is 0 Å². The zero-order chi connectivity index (χ0) is 25.0. The van der Waals surface area contributed by atoms with E-state index in [0.29, 0.717) is 30.0 Å². The Morgan fingerprint density at radius 3 is 2.17 bits per heavy atom. The first-order valence-electron chi connectivity index (χ1n) is 11.8. The topological polar surface area (TPSA) is 68.2 Å². The summed E-state index contributed by atoms with van der Waals surface area (Å²) in [5.74, 6) is 1.32. The minimum absolute atomic E-state index is 0. The molecule has 0 aliphatic heterocycles. The Morgan fingerprint density at radius 1 is 0.889 bits per heavy atom. The van der Waals surface area contributed by atoms with E-state index in [4.69, 9.17) is 14.2 Å². The van der Waals surface area contributed by atoms with Crippen LogP contribution in [0.5, 0.6) is 11.5 Å². The summed E-state index contributed by atoms with van der Waals surface area (Å²) in [4.78, 5) is 15.2. The van der Waals surface area contributed by atoms with E-state index in [-0.39, 0.29) is 24.8 Å². The van der Waals surface area contributed by atoms with Crippen molar-refractivity contribution in [3.05, 3.63) is 95.6 Å². The molecule has 3 rings (SSSR count). The number of rotatable bonds is 14. The molecule has 0 fully saturated rings. The molecule has 0 aliphatic rings. The molecule has 3 aromatic carbocycles. The average Bonchev–Trinajstić information content (AvgIpc) is 2.90. The maximum absolute atomic E-state index is 13.1. The molecule has 7 heteroatoms. The second kappa shape index (κ2) is 15.3. The Hall–Kier alpha value is -2.90. The van der Waals surface area contributed by atoms with Crippen LogP contribution in [-0.2, 0) is 17.6 Å². The lowest BCUT2D eigenvalue weighted by atomic mass is 10.00. The molecule has 0 heterocycles. The third-order valence-corrected chi connectivity index (χ3v) is 5.86. The van der Waals surface area contributed by atoms with Crippen LogP contribution in [0.1, 0.15) is 21.5 Å². The van der Waals surface area contributed by atoms with Crippen LogP contribution >= 0.6 is 12.4 Å².